The summed E-state index contributed by atoms with van der Waals surface area (Å²) in [5.41, 5.74) is 6.18. The summed E-state index contributed by atoms with van der Waals surface area (Å²) in [6.45, 7) is 4.32. The van der Waals surface area contributed by atoms with E-state index in [9.17, 15) is 19.8 Å². The molecule has 2 aromatic heterocycles. The van der Waals surface area contributed by atoms with Crippen molar-refractivity contribution < 1.29 is 19.8 Å². The summed E-state index contributed by atoms with van der Waals surface area (Å²) in [6.07, 6.45) is 1.47. The van der Waals surface area contributed by atoms with Gasteiger partial charge in [-0.2, -0.15) is 9.61 Å². The number of hydrogen-bond donors (Lipinski definition) is 5. The van der Waals surface area contributed by atoms with E-state index in [0.29, 0.717) is 35.7 Å². The Morgan fingerprint density at radius 2 is 1.88 bits per heavy atom. The first-order valence-electron chi connectivity index (χ1n) is 11.1. The van der Waals surface area contributed by atoms with Gasteiger partial charge in [0.2, 0.25) is 0 Å². The summed E-state index contributed by atoms with van der Waals surface area (Å²) < 4.78 is 1.75. The standard InChI is InChI=1S/C23H29N7O4/c1-14-11-19-26-18(27-21(32)15-3-5-16(6-4-15)23(2,34)13-31)12-20(30(19)28-14)29-9-7-17(8-10-29)25-22(24)33/h3-6,11-12,17,31,34H,7-10,13H2,1-2H3,(H3,24,25,33)(H,26,27,32). The van der Waals surface area contributed by atoms with E-state index >= 15 is 0 Å². The van der Waals surface area contributed by atoms with Crippen molar-refractivity contribution in [1.82, 2.24) is 19.9 Å². The van der Waals surface area contributed by atoms with E-state index in [-0.39, 0.29) is 11.9 Å². The van der Waals surface area contributed by atoms with Gasteiger partial charge in [0.25, 0.3) is 5.91 Å². The number of amides is 3. The number of carbonyl (C=O) groups is 2. The third-order valence-electron chi connectivity index (χ3n) is 6.01. The van der Waals surface area contributed by atoms with Gasteiger partial charge in [-0.05, 0) is 44.4 Å². The number of fused-ring (bicyclic) bond motifs is 1. The Hall–Kier alpha value is -3.70. The molecule has 11 nitrogen and oxygen atoms in total. The van der Waals surface area contributed by atoms with Gasteiger partial charge in [0.15, 0.2) is 5.65 Å². The summed E-state index contributed by atoms with van der Waals surface area (Å²) in [7, 11) is 0. The van der Waals surface area contributed by atoms with E-state index in [1.54, 1.807) is 34.8 Å². The monoisotopic (exact) mass is 467 g/mol. The summed E-state index contributed by atoms with van der Waals surface area (Å²) in [6, 6.07) is 9.53. The van der Waals surface area contributed by atoms with Gasteiger partial charge in [-0.3, -0.25) is 4.79 Å². The zero-order chi connectivity index (χ0) is 24.5. The molecule has 4 rings (SSSR count). The summed E-state index contributed by atoms with van der Waals surface area (Å²) in [5, 5.41) is 29.6. The molecule has 3 heterocycles. The van der Waals surface area contributed by atoms with Crippen LogP contribution >= 0.6 is 0 Å². The molecule has 3 aromatic rings. The Labute approximate surface area is 196 Å². The number of nitrogens with two attached hydrogens (primary N) is 1. The molecule has 0 aliphatic carbocycles. The van der Waals surface area contributed by atoms with Crippen LogP contribution in [0.15, 0.2) is 36.4 Å². The summed E-state index contributed by atoms with van der Waals surface area (Å²) >= 11 is 0. The van der Waals surface area contributed by atoms with Crippen molar-refractivity contribution in [1.29, 1.82) is 0 Å². The fraction of sp³-hybridized carbons (Fsp3) is 0.391. The average Bonchev–Trinajstić information content (AvgIpc) is 3.19. The highest BCUT2D eigenvalue weighted by Gasteiger charge is 2.24. The molecule has 1 aliphatic heterocycles. The molecule has 0 saturated carbocycles. The number of aryl methyl sites for hydroxylation is 1. The molecule has 0 spiro atoms. The lowest BCUT2D eigenvalue weighted by Gasteiger charge is -2.33. The molecule has 0 radical (unpaired) electrons. The minimum atomic E-state index is -1.38. The second-order valence-electron chi connectivity index (χ2n) is 8.79. The maximum absolute atomic E-state index is 12.9. The second kappa shape index (κ2) is 9.27. The predicted molar refractivity (Wildman–Crippen MR) is 127 cm³/mol. The first kappa shape index (κ1) is 23.5. The Morgan fingerprint density at radius 3 is 2.50 bits per heavy atom. The van der Waals surface area contributed by atoms with E-state index in [2.05, 4.69) is 25.6 Å². The van der Waals surface area contributed by atoms with E-state index in [1.165, 1.54) is 6.92 Å². The number of urea groups is 1. The fourth-order valence-electron chi connectivity index (χ4n) is 4.08. The third kappa shape index (κ3) is 4.95. The van der Waals surface area contributed by atoms with Crippen LogP contribution in [0.4, 0.5) is 16.4 Å². The van der Waals surface area contributed by atoms with Crippen LogP contribution in [0.2, 0.25) is 0 Å². The molecule has 34 heavy (non-hydrogen) atoms. The Kier molecular flexibility index (Phi) is 6.40. The van der Waals surface area contributed by atoms with Gasteiger partial charge in [-0.15, -0.1) is 0 Å². The van der Waals surface area contributed by atoms with Crippen LogP contribution in [-0.2, 0) is 5.60 Å². The average molecular weight is 468 g/mol. The first-order valence-corrected chi connectivity index (χ1v) is 11.1. The van der Waals surface area contributed by atoms with Crippen LogP contribution in [-0.4, -0.2) is 62.5 Å². The highest BCUT2D eigenvalue weighted by Crippen LogP contribution is 2.25. The highest BCUT2D eigenvalue weighted by atomic mass is 16.3. The van der Waals surface area contributed by atoms with Gasteiger partial charge in [-0.1, -0.05) is 12.1 Å². The number of primary amides is 1. The van der Waals surface area contributed by atoms with Gasteiger partial charge in [0, 0.05) is 36.8 Å². The lowest BCUT2D eigenvalue weighted by atomic mass is 9.96. The maximum atomic E-state index is 12.9. The molecule has 3 amide bonds. The zero-order valence-electron chi connectivity index (χ0n) is 19.2. The van der Waals surface area contributed by atoms with Crippen molar-refractivity contribution in [3.8, 4) is 0 Å². The predicted octanol–water partition coefficient (Wildman–Crippen LogP) is 1.13. The molecule has 6 N–H and O–H groups in total. The Bertz CT molecular complexity index is 1200. The number of carbonyl (C=O) groups excluding carboxylic acids is 2. The maximum Gasteiger partial charge on any atom is 0.312 e. The van der Waals surface area contributed by atoms with Crippen molar-refractivity contribution in [2.45, 2.75) is 38.3 Å². The van der Waals surface area contributed by atoms with Crippen molar-refractivity contribution >= 4 is 29.2 Å². The smallest absolute Gasteiger partial charge is 0.312 e. The van der Waals surface area contributed by atoms with Gasteiger partial charge < -0.3 is 31.5 Å². The molecule has 1 unspecified atom stereocenters. The van der Waals surface area contributed by atoms with Crippen molar-refractivity contribution in [2.75, 3.05) is 29.9 Å². The minimum Gasteiger partial charge on any atom is -0.393 e. The molecule has 0 bridgehead atoms. The lowest BCUT2D eigenvalue weighted by Crippen LogP contribution is -2.46. The molecule has 180 valence electrons. The quantitative estimate of drug-likeness (QED) is 0.363. The second-order valence-corrected chi connectivity index (χ2v) is 8.79. The topological polar surface area (TPSA) is 158 Å². The van der Waals surface area contributed by atoms with E-state index in [0.717, 1.165) is 24.4 Å². The highest BCUT2D eigenvalue weighted by molar-refractivity contribution is 6.04. The molecule has 1 fully saturated rings. The zero-order valence-corrected chi connectivity index (χ0v) is 19.2. The van der Waals surface area contributed by atoms with Gasteiger partial charge in [-0.25, -0.2) is 9.78 Å². The van der Waals surface area contributed by atoms with Crippen LogP contribution in [0.25, 0.3) is 5.65 Å². The van der Waals surface area contributed by atoms with Crippen LogP contribution < -0.4 is 21.3 Å². The molecule has 1 atom stereocenters. The molecular weight excluding hydrogens is 438 g/mol. The van der Waals surface area contributed by atoms with Crippen LogP contribution in [0.1, 0.15) is 41.4 Å². The van der Waals surface area contributed by atoms with Crippen LogP contribution in [0.5, 0.6) is 0 Å². The molecular formula is C23H29N7O4. The van der Waals surface area contributed by atoms with Gasteiger partial charge in [0.1, 0.15) is 17.2 Å². The van der Waals surface area contributed by atoms with Crippen molar-refractivity contribution in [2.24, 2.45) is 5.73 Å². The number of anilines is 2. The molecule has 1 saturated heterocycles. The van der Waals surface area contributed by atoms with E-state index < -0.39 is 18.2 Å². The minimum absolute atomic E-state index is 0.0270. The summed E-state index contributed by atoms with van der Waals surface area (Å²) in [5.74, 6) is 0.829. The van der Waals surface area contributed by atoms with Crippen molar-refractivity contribution in [3.63, 3.8) is 0 Å². The first-order chi connectivity index (χ1) is 16.2. The third-order valence-corrected chi connectivity index (χ3v) is 6.01. The van der Waals surface area contributed by atoms with Crippen LogP contribution in [0.3, 0.4) is 0 Å². The largest absolute Gasteiger partial charge is 0.393 e. The number of piperidine rings is 1. The number of nitrogens with one attached hydrogen (secondary N) is 2. The number of aliphatic hydroxyl groups excluding tert-OH is 1. The lowest BCUT2D eigenvalue weighted by molar-refractivity contribution is -0.00229. The van der Waals surface area contributed by atoms with Gasteiger partial charge >= 0.3 is 6.03 Å². The number of nitrogens with zero attached hydrogens (tertiary/aromatic N) is 4. The molecule has 1 aromatic carbocycles. The normalized spacial score (nSPS) is 16.3. The SMILES string of the molecule is Cc1cc2nc(NC(=O)c3ccc(C(C)(O)CO)cc3)cc(N3CCC(NC(N)=O)CC3)n2n1. The van der Waals surface area contributed by atoms with E-state index in [4.69, 9.17) is 5.73 Å². The Morgan fingerprint density at radius 1 is 1.21 bits per heavy atom. The number of aromatic nitrogens is 3. The van der Waals surface area contributed by atoms with Gasteiger partial charge in [0.05, 0.1) is 12.3 Å². The number of aliphatic hydroxyl groups is 2. The number of hydrogen-bond acceptors (Lipinski definition) is 7. The fourth-order valence-corrected chi connectivity index (χ4v) is 4.08. The number of rotatable bonds is 6. The Balaban J connectivity index is 1.55. The molecule has 1 aliphatic rings. The van der Waals surface area contributed by atoms with Crippen molar-refractivity contribution in [3.05, 3.63) is 53.2 Å². The van der Waals surface area contributed by atoms with E-state index in [1.807, 2.05) is 13.0 Å². The van der Waals surface area contributed by atoms with Crippen LogP contribution in [0, 0.1) is 6.92 Å². The summed E-state index contributed by atoms with van der Waals surface area (Å²) in [4.78, 5) is 30.7. The molecule has 11 heteroatoms. The number of benzene rings is 1.